The molecule has 3 nitrogen and oxygen atoms in total. The van der Waals surface area contributed by atoms with Gasteiger partial charge in [0.05, 0.1) is 5.35 Å². The summed E-state index contributed by atoms with van der Waals surface area (Å²) in [5.41, 5.74) is 1.42. The fraction of sp³-hybridized carbons (Fsp3) is 0.250. The molecule has 0 spiro atoms. The lowest BCUT2D eigenvalue weighted by atomic mass is 10.0. The van der Waals surface area contributed by atoms with Crippen molar-refractivity contribution in [3.8, 4) is 0 Å². The summed E-state index contributed by atoms with van der Waals surface area (Å²) in [6.07, 6.45) is 5.46. The molecule has 0 saturated carbocycles. The summed E-state index contributed by atoms with van der Waals surface area (Å²) in [5, 5.41) is 0.613. The highest BCUT2D eigenvalue weighted by molar-refractivity contribution is 5.47. The zero-order chi connectivity index (χ0) is 11.4. The molecule has 1 aromatic rings. The fourth-order valence-electron chi connectivity index (χ4n) is 1.20. The van der Waals surface area contributed by atoms with Crippen molar-refractivity contribution in [2.24, 2.45) is 5.92 Å². The molecule has 15 heavy (non-hydrogen) atoms. The second-order valence-corrected chi connectivity index (χ2v) is 3.55. The van der Waals surface area contributed by atoms with E-state index < -0.39 is 5.76 Å². The van der Waals surface area contributed by atoms with Gasteiger partial charge < -0.3 is 4.42 Å². The number of nitrogens with one attached hydrogen (secondary N) is 1. The van der Waals surface area contributed by atoms with Crippen molar-refractivity contribution in [3.63, 3.8) is 0 Å². The van der Waals surface area contributed by atoms with E-state index in [4.69, 9.17) is 4.42 Å². The third-order valence-electron chi connectivity index (χ3n) is 2.04. The summed E-state index contributed by atoms with van der Waals surface area (Å²) in [7, 11) is 0. The molecule has 1 aromatic heterocycles. The average Bonchev–Trinajstić information content (AvgIpc) is 2.44. The summed E-state index contributed by atoms with van der Waals surface area (Å²) >= 11 is 0. The Labute approximate surface area is 88.1 Å². The van der Waals surface area contributed by atoms with Crippen LogP contribution in [0.3, 0.4) is 0 Å². The van der Waals surface area contributed by atoms with Crippen molar-refractivity contribution in [1.82, 2.24) is 4.98 Å². The molecule has 0 bridgehead atoms. The van der Waals surface area contributed by atoms with Crippen LogP contribution in [0.15, 0.2) is 33.5 Å². The Kier molecular flexibility index (Phi) is 3.50. The molecule has 80 valence electrons. The van der Waals surface area contributed by atoms with Gasteiger partial charge in [-0.25, -0.2) is 4.79 Å². The van der Waals surface area contributed by atoms with Crippen LogP contribution in [0.4, 0.5) is 0 Å². The predicted molar refractivity (Wildman–Crippen MR) is 61.7 cm³/mol. The summed E-state index contributed by atoms with van der Waals surface area (Å²) in [5.74, 6) is -0.131. The Bertz CT molecular complexity index is 529. The molecule has 0 radical (unpaired) electrons. The van der Waals surface area contributed by atoms with E-state index in [9.17, 15) is 4.79 Å². The van der Waals surface area contributed by atoms with Crippen LogP contribution in [0.5, 0.6) is 0 Å². The maximum absolute atomic E-state index is 10.9. The highest BCUT2D eigenvalue weighted by Gasteiger charge is 1.99. The average molecular weight is 205 g/mol. The Morgan fingerprint density at radius 2 is 2.20 bits per heavy atom. The number of oxazole rings is 1. The van der Waals surface area contributed by atoms with Crippen molar-refractivity contribution < 1.29 is 4.42 Å². The lowest BCUT2D eigenvalue weighted by Crippen LogP contribution is -2.21. The molecule has 3 heteroatoms. The van der Waals surface area contributed by atoms with E-state index in [1.54, 1.807) is 6.08 Å². The quantitative estimate of drug-likeness (QED) is 0.746. The van der Waals surface area contributed by atoms with Crippen molar-refractivity contribution >= 4 is 12.7 Å². The van der Waals surface area contributed by atoms with E-state index in [1.807, 2.05) is 12.2 Å². The zero-order valence-electron chi connectivity index (χ0n) is 9.04. The van der Waals surface area contributed by atoms with Gasteiger partial charge in [0.1, 0.15) is 5.42 Å². The Morgan fingerprint density at radius 1 is 1.53 bits per heavy atom. The molecule has 1 heterocycles. The molecule has 0 amide bonds. The number of hydrogen-bond donors (Lipinski definition) is 1. The highest BCUT2D eigenvalue weighted by Crippen LogP contribution is 2.10. The van der Waals surface area contributed by atoms with Crippen LogP contribution in [0, 0.1) is 5.92 Å². The van der Waals surface area contributed by atoms with Crippen molar-refractivity contribution in [2.75, 3.05) is 0 Å². The summed E-state index contributed by atoms with van der Waals surface area (Å²) in [6.45, 7) is 11.4. The van der Waals surface area contributed by atoms with Gasteiger partial charge in [0.25, 0.3) is 0 Å². The van der Waals surface area contributed by atoms with E-state index in [0.717, 1.165) is 5.57 Å². The minimum atomic E-state index is -0.479. The topological polar surface area (TPSA) is 46.0 Å². The number of aromatic nitrogens is 1. The van der Waals surface area contributed by atoms with Crippen LogP contribution in [0.2, 0.25) is 0 Å². The maximum Gasteiger partial charge on any atom is 0.417 e. The molecule has 0 fully saturated rings. The van der Waals surface area contributed by atoms with Gasteiger partial charge in [-0.2, -0.15) is 0 Å². The van der Waals surface area contributed by atoms with E-state index in [0.29, 0.717) is 16.7 Å². The molecule has 0 atom stereocenters. The lowest BCUT2D eigenvalue weighted by molar-refractivity contribution is 0.487. The first-order chi connectivity index (χ1) is 7.04. The van der Waals surface area contributed by atoms with Gasteiger partial charge in [-0.1, -0.05) is 39.2 Å². The first-order valence-corrected chi connectivity index (χ1v) is 4.77. The number of aromatic amines is 1. The van der Waals surface area contributed by atoms with Crippen molar-refractivity contribution in [2.45, 2.75) is 13.8 Å². The number of hydrogen-bond acceptors (Lipinski definition) is 2. The molecule has 0 aliphatic carbocycles. The molecular formula is C12H15NO2. The van der Waals surface area contributed by atoms with Gasteiger partial charge >= 0.3 is 5.76 Å². The van der Waals surface area contributed by atoms with E-state index in [-0.39, 0.29) is 0 Å². The SMILES string of the molecule is C=C/C=C(\C=c1\[nH]c(=O)oc1=C)C(C)C. The standard InChI is InChI=1S/C12H15NO2/c1-5-6-10(8(2)3)7-11-9(4)15-12(14)13-11/h5-8H,1,4H2,2-3H3,(H,13,14)/b10-6+,11-7+. The summed E-state index contributed by atoms with van der Waals surface area (Å²) < 4.78 is 4.77. The van der Waals surface area contributed by atoms with E-state index in [2.05, 4.69) is 32.0 Å². The van der Waals surface area contributed by atoms with E-state index >= 15 is 0 Å². The van der Waals surface area contributed by atoms with Crippen LogP contribution in [-0.2, 0) is 0 Å². The van der Waals surface area contributed by atoms with Crippen LogP contribution >= 0.6 is 0 Å². The van der Waals surface area contributed by atoms with Gasteiger partial charge in [0, 0.05) is 0 Å². The van der Waals surface area contributed by atoms with Crippen LogP contribution in [0.25, 0.3) is 12.7 Å². The van der Waals surface area contributed by atoms with Crippen LogP contribution in [-0.4, -0.2) is 4.98 Å². The Hall–Kier alpha value is -1.77. The monoisotopic (exact) mass is 205 g/mol. The summed E-state index contributed by atoms with van der Waals surface area (Å²) in [6, 6.07) is 0. The first-order valence-electron chi connectivity index (χ1n) is 4.77. The first kappa shape index (κ1) is 11.3. The van der Waals surface area contributed by atoms with Gasteiger partial charge in [0.2, 0.25) is 0 Å². The number of allylic oxidation sites excluding steroid dienone is 3. The second-order valence-electron chi connectivity index (χ2n) is 3.55. The third kappa shape index (κ3) is 2.84. The third-order valence-corrected chi connectivity index (χ3v) is 2.04. The zero-order valence-corrected chi connectivity index (χ0v) is 9.04. The van der Waals surface area contributed by atoms with Gasteiger partial charge in [0.15, 0.2) is 0 Å². The highest BCUT2D eigenvalue weighted by atomic mass is 16.4. The van der Waals surface area contributed by atoms with E-state index in [1.165, 1.54) is 0 Å². The lowest BCUT2D eigenvalue weighted by Gasteiger charge is -2.03. The molecule has 0 unspecified atom stereocenters. The molecule has 1 rings (SSSR count). The van der Waals surface area contributed by atoms with Crippen LogP contribution < -0.4 is 16.5 Å². The normalized spacial score (nSPS) is 13.5. The minimum absolute atomic E-state index is 0.348. The summed E-state index contributed by atoms with van der Waals surface area (Å²) in [4.78, 5) is 13.5. The predicted octanol–water partition coefficient (Wildman–Crippen LogP) is 0.927. The van der Waals surface area contributed by atoms with Crippen LogP contribution in [0.1, 0.15) is 13.8 Å². The Balaban J connectivity index is 3.32. The number of H-pyrrole nitrogens is 1. The molecule has 0 aliphatic heterocycles. The molecule has 0 aromatic carbocycles. The maximum atomic E-state index is 10.9. The number of rotatable bonds is 3. The van der Waals surface area contributed by atoms with Crippen molar-refractivity contribution in [3.05, 3.63) is 45.6 Å². The largest absolute Gasteiger partial charge is 0.417 e. The van der Waals surface area contributed by atoms with Crippen molar-refractivity contribution in [1.29, 1.82) is 0 Å². The fourth-order valence-corrected chi connectivity index (χ4v) is 1.20. The molecular weight excluding hydrogens is 190 g/mol. The Morgan fingerprint density at radius 3 is 2.60 bits per heavy atom. The van der Waals surface area contributed by atoms with Gasteiger partial charge in [-0.15, -0.1) is 0 Å². The minimum Gasteiger partial charge on any atom is -0.409 e. The molecule has 0 saturated heterocycles. The smallest absolute Gasteiger partial charge is 0.409 e. The molecule has 0 aliphatic rings. The second kappa shape index (κ2) is 4.64. The molecule has 1 N–H and O–H groups in total. The van der Waals surface area contributed by atoms with Gasteiger partial charge in [-0.3, -0.25) is 4.98 Å². The van der Waals surface area contributed by atoms with Gasteiger partial charge in [-0.05, 0) is 17.6 Å².